The Morgan fingerprint density at radius 3 is 1.00 bits per heavy atom. The van der Waals surface area contributed by atoms with Gasteiger partial charge in [-0.15, -0.1) is 0 Å². The second-order valence-corrected chi connectivity index (χ2v) is 22.0. The van der Waals surface area contributed by atoms with E-state index < -0.39 is 34.1 Å². The summed E-state index contributed by atoms with van der Waals surface area (Å²) in [5.74, 6) is 0. The topological polar surface area (TPSA) is 0 Å². The van der Waals surface area contributed by atoms with E-state index in [0.717, 1.165) is 0 Å². The van der Waals surface area contributed by atoms with Gasteiger partial charge in [0.2, 0.25) is 0 Å². The van der Waals surface area contributed by atoms with Crippen LogP contribution in [-0.4, -0.2) is 34.1 Å². The summed E-state index contributed by atoms with van der Waals surface area (Å²) in [6.45, 7) is 14.0. The van der Waals surface area contributed by atoms with Crippen LogP contribution in [0.15, 0.2) is 0 Å². The molecule has 0 unspecified atom stereocenters. The van der Waals surface area contributed by atoms with E-state index in [1.165, 1.54) is 54.3 Å². The van der Waals surface area contributed by atoms with Crippen molar-refractivity contribution >= 4 is 34.1 Å². The number of hydrogen-bond acceptors (Lipinski definition) is 0. The molecule has 0 atom stereocenters. The summed E-state index contributed by atoms with van der Waals surface area (Å²) in [5, 5.41) is 4.56. The molecule has 0 saturated carbocycles. The fourth-order valence-electron chi connectivity index (χ4n) is 2.41. The van der Waals surface area contributed by atoms with Gasteiger partial charge in [0.05, 0.1) is 0 Å². The second-order valence-electron chi connectivity index (χ2n) is 5.87. The van der Waals surface area contributed by atoms with E-state index in [1.807, 2.05) is 0 Å². The van der Waals surface area contributed by atoms with E-state index in [9.17, 15) is 0 Å². The van der Waals surface area contributed by atoms with Crippen LogP contribution in [-0.2, 0) is 0 Å². The molecule has 0 aromatic carbocycles. The van der Waals surface area contributed by atoms with Gasteiger partial charge in [0, 0.05) is 0 Å². The molecular weight excluding hydrogens is 408 g/mol. The van der Waals surface area contributed by atoms with Gasteiger partial charge < -0.3 is 0 Å². The van der Waals surface area contributed by atoms with Crippen LogP contribution in [0.1, 0.15) is 80.1 Å². The maximum atomic E-state index is 2.34. The number of rotatable bonds is 12. The van der Waals surface area contributed by atoms with Crippen LogP contribution >= 0.6 is 0 Å². The van der Waals surface area contributed by atoms with Crippen molar-refractivity contribution in [3.63, 3.8) is 0 Å². The van der Waals surface area contributed by atoms with E-state index in [2.05, 4.69) is 41.5 Å². The summed E-state index contributed by atoms with van der Waals surface area (Å²) in [6.07, 6.45) is 8.85. The molecule has 0 aromatic rings. The minimum atomic E-state index is -0.839. The fraction of sp³-hybridized carbons (Fsp3) is 1.00. The first-order valence-corrected chi connectivity index (χ1v) is 19.9. The molecule has 0 nitrogen and oxygen atoms in total. The molecule has 0 rings (SSSR count). The third-order valence-corrected chi connectivity index (χ3v) is 19.5. The first kappa shape index (κ1) is 23.6. The maximum absolute atomic E-state index is 2.34. The second kappa shape index (κ2) is 20.3. The molecule has 0 aliphatic carbocycles. The molecule has 2 radical (unpaired) electrons. The molecule has 0 aliphatic heterocycles. The number of unbranched alkanes of at least 4 members (excludes halogenated alkanes) is 3. The zero-order valence-corrected chi connectivity index (χ0v) is 20.4. The molecule has 0 aromatic heterocycles. The van der Waals surface area contributed by atoms with Crippen molar-refractivity contribution in [2.75, 3.05) is 0 Å². The van der Waals surface area contributed by atoms with E-state index in [0.29, 0.717) is 0 Å². The van der Waals surface area contributed by atoms with Gasteiger partial charge in [0.1, 0.15) is 0 Å². The van der Waals surface area contributed by atoms with Crippen molar-refractivity contribution in [2.24, 2.45) is 0 Å². The Morgan fingerprint density at radius 1 is 0.550 bits per heavy atom. The molecule has 0 amide bonds. The van der Waals surface area contributed by atoms with Crippen LogP contribution in [0, 0.1) is 0 Å². The third-order valence-electron chi connectivity index (χ3n) is 4.15. The summed E-state index contributed by atoms with van der Waals surface area (Å²) < 4.78 is 5.04. The summed E-state index contributed by atoms with van der Waals surface area (Å²) >= 11 is -1.24. The number of hydrogen-bond donors (Lipinski definition) is 0. The van der Waals surface area contributed by atoms with Crippen molar-refractivity contribution in [3.05, 3.63) is 0 Å². The normalized spacial score (nSPS) is 10.8. The molecule has 0 N–H and O–H groups in total. The Kier molecular flexibility index (Phi) is 24.0. The van der Waals surface area contributed by atoms with Gasteiger partial charge in [-0.2, -0.15) is 0 Å². The first-order chi connectivity index (χ1) is 9.69. The predicted molar refractivity (Wildman–Crippen MR) is 102 cm³/mol. The van der Waals surface area contributed by atoms with Gasteiger partial charge in [-0.3, -0.25) is 0 Å². The van der Waals surface area contributed by atoms with Crippen LogP contribution in [0.25, 0.3) is 0 Å². The zero-order valence-electron chi connectivity index (χ0n) is 15.5. The van der Waals surface area contributed by atoms with Crippen molar-refractivity contribution in [3.8, 4) is 0 Å². The molecule has 20 heavy (non-hydrogen) atoms. The molecule has 122 valence electrons. The van der Waals surface area contributed by atoms with Gasteiger partial charge in [0.25, 0.3) is 0 Å². The fourth-order valence-corrected chi connectivity index (χ4v) is 15.0. The van der Waals surface area contributed by atoms with Crippen LogP contribution in [0.4, 0.5) is 0 Å². The predicted octanol–water partition coefficient (Wildman–Crippen LogP) is 7.42. The molecule has 0 fully saturated rings. The Hall–Kier alpha value is 1.34. The monoisotopic (exact) mass is 452 g/mol. The quantitative estimate of drug-likeness (QED) is 0.272. The Labute approximate surface area is 142 Å². The molecule has 0 saturated heterocycles. The van der Waals surface area contributed by atoms with Crippen LogP contribution in [0.3, 0.4) is 0 Å². The molecule has 0 bridgehead atoms. The SMILES string of the molecule is CCC[CH2][Sn]([CH2]CCC)[CH2]CCC.C[CH2][Ge]([CH2]C)[CH2]C. The molecular formula is C18H42GeSn. The molecule has 0 aliphatic rings. The van der Waals surface area contributed by atoms with Gasteiger partial charge in [-0.25, -0.2) is 0 Å². The van der Waals surface area contributed by atoms with E-state index in [-0.39, 0.29) is 0 Å². The minimum absolute atomic E-state index is 0.403. The molecule has 2 heteroatoms. The van der Waals surface area contributed by atoms with E-state index in [4.69, 9.17) is 0 Å². The van der Waals surface area contributed by atoms with Crippen molar-refractivity contribution in [1.29, 1.82) is 0 Å². The van der Waals surface area contributed by atoms with Gasteiger partial charge in [0.15, 0.2) is 0 Å². The van der Waals surface area contributed by atoms with Gasteiger partial charge in [-0.1, -0.05) is 0 Å². The van der Waals surface area contributed by atoms with Crippen molar-refractivity contribution < 1.29 is 0 Å². The standard InChI is InChI=1S/C6H15Ge.3C4H9.Sn/c1-4-7(5-2)6-3;3*1-3-4-2;/h4-6H2,1-3H3;3*1,3-4H2,2H3;. The first-order valence-electron chi connectivity index (χ1n) is 9.36. The van der Waals surface area contributed by atoms with Crippen LogP contribution < -0.4 is 0 Å². The average molecular weight is 450 g/mol. The Balaban J connectivity index is 0. The van der Waals surface area contributed by atoms with Gasteiger partial charge >= 0.3 is 143 Å². The van der Waals surface area contributed by atoms with Crippen LogP contribution in [0.2, 0.25) is 29.1 Å². The average Bonchev–Trinajstić information content (AvgIpc) is 2.49. The van der Waals surface area contributed by atoms with Gasteiger partial charge in [-0.05, 0) is 0 Å². The van der Waals surface area contributed by atoms with Crippen molar-refractivity contribution in [2.45, 2.75) is 109 Å². The summed E-state index contributed by atoms with van der Waals surface area (Å²) in [6, 6.07) is 0. The zero-order chi connectivity index (χ0) is 15.6. The Morgan fingerprint density at radius 2 is 0.850 bits per heavy atom. The van der Waals surface area contributed by atoms with E-state index in [1.54, 1.807) is 13.3 Å². The third kappa shape index (κ3) is 17.4. The van der Waals surface area contributed by atoms with Crippen LogP contribution in [0.5, 0.6) is 0 Å². The molecule has 0 heterocycles. The van der Waals surface area contributed by atoms with E-state index >= 15 is 0 Å². The summed E-state index contributed by atoms with van der Waals surface area (Å²) in [7, 11) is 0. The summed E-state index contributed by atoms with van der Waals surface area (Å²) in [5.41, 5.74) is 0. The summed E-state index contributed by atoms with van der Waals surface area (Å²) in [4.78, 5) is 0. The molecule has 0 spiro atoms. The Bertz CT molecular complexity index is 133. The van der Waals surface area contributed by atoms with Crippen molar-refractivity contribution in [1.82, 2.24) is 0 Å².